The predicted molar refractivity (Wildman–Crippen MR) is 111 cm³/mol. The van der Waals surface area contributed by atoms with Gasteiger partial charge in [-0.3, -0.25) is 9.59 Å². The molecule has 3 rings (SSSR count). The Morgan fingerprint density at radius 2 is 1.89 bits per heavy atom. The van der Waals surface area contributed by atoms with Gasteiger partial charge >= 0.3 is 0 Å². The molecule has 2 atom stereocenters. The fraction of sp³-hybridized carbons (Fsp3) is 0.391. The van der Waals surface area contributed by atoms with Gasteiger partial charge in [-0.2, -0.15) is 0 Å². The molecule has 0 aromatic heterocycles. The summed E-state index contributed by atoms with van der Waals surface area (Å²) in [5.74, 6) is 0.641. The molecule has 0 bridgehead atoms. The molecule has 2 aromatic carbocycles. The maximum atomic E-state index is 12.6. The molecule has 1 saturated heterocycles. The van der Waals surface area contributed by atoms with Crippen molar-refractivity contribution in [3.63, 3.8) is 0 Å². The van der Waals surface area contributed by atoms with Crippen molar-refractivity contribution in [1.82, 2.24) is 5.32 Å². The Hall–Kier alpha value is -2.82. The molecule has 148 valence electrons. The summed E-state index contributed by atoms with van der Waals surface area (Å²) in [7, 11) is 0. The first-order valence-corrected chi connectivity index (χ1v) is 9.94. The van der Waals surface area contributed by atoms with Crippen molar-refractivity contribution >= 4 is 17.5 Å². The molecular weight excluding hydrogens is 352 g/mol. The summed E-state index contributed by atoms with van der Waals surface area (Å²) in [4.78, 5) is 26.7. The number of nitrogens with zero attached hydrogens (tertiary/aromatic N) is 1. The largest absolute Gasteiger partial charge is 0.494 e. The minimum atomic E-state index is -0.313. The summed E-state index contributed by atoms with van der Waals surface area (Å²) in [5, 5.41) is 3.01. The zero-order valence-corrected chi connectivity index (χ0v) is 16.6. The van der Waals surface area contributed by atoms with E-state index >= 15 is 0 Å². The first-order chi connectivity index (χ1) is 13.6. The van der Waals surface area contributed by atoms with E-state index in [0.717, 1.165) is 17.9 Å². The van der Waals surface area contributed by atoms with Gasteiger partial charge in [0.1, 0.15) is 5.75 Å². The van der Waals surface area contributed by atoms with E-state index in [1.54, 1.807) is 4.90 Å². The van der Waals surface area contributed by atoms with E-state index in [1.165, 1.54) is 5.56 Å². The Balaban J connectivity index is 1.54. The molecule has 0 spiro atoms. The molecule has 1 aliphatic rings. The first-order valence-electron chi connectivity index (χ1n) is 9.94. The molecule has 0 unspecified atom stereocenters. The van der Waals surface area contributed by atoms with Crippen LogP contribution in [0.25, 0.3) is 0 Å². The average molecular weight is 380 g/mol. The van der Waals surface area contributed by atoms with Gasteiger partial charge in [0, 0.05) is 25.2 Å². The van der Waals surface area contributed by atoms with Crippen LogP contribution in [0.3, 0.4) is 0 Å². The number of anilines is 1. The van der Waals surface area contributed by atoms with E-state index in [0.29, 0.717) is 19.7 Å². The second-order valence-corrected chi connectivity index (χ2v) is 7.30. The predicted octanol–water partition coefficient (Wildman–Crippen LogP) is 3.75. The molecule has 0 saturated carbocycles. The normalized spacial score (nSPS) is 17.4. The highest BCUT2D eigenvalue weighted by molar-refractivity contribution is 6.00. The van der Waals surface area contributed by atoms with E-state index < -0.39 is 0 Å². The van der Waals surface area contributed by atoms with Gasteiger partial charge in [-0.25, -0.2) is 0 Å². The highest BCUT2D eigenvalue weighted by Crippen LogP contribution is 2.27. The molecular formula is C23H28N2O3. The summed E-state index contributed by atoms with van der Waals surface area (Å²) in [6.45, 7) is 5.80. The fourth-order valence-electron chi connectivity index (χ4n) is 3.37. The number of nitrogens with one attached hydrogen (secondary N) is 1. The number of benzene rings is 2. The van der Waals surface area contributed by atoms with Crippen LogP contribution in [0.1, 0.15) is 38.2 Å². The zero-order valence-electron chi connectivity index (χ0n) is 16.6. The lowest BCUT2D eigenvalue weighted by molar-refractivity contribution is -0.126. The molecule has 5 nitrogen and oxygen atoms in total. The van der Waals surface area contributed by atoms with Crippen LogP contribution in [0.2, 0.25) is 0 Å². The number of hydrogen-bond donors (Lipinski definition) is 1. The van der Waals surface area contributed by atoms with Crippen molar-refractivity contribution in [2.75, 3.05) is 24.6 Å². The van der Waals surface area contributed by atoms with E-state index in [1.807, 2.05) is 42.5 Å². The molecule has 1 heterocycles. The highest BCUT2D eigenvalue weighted by Gasteiger charge is 2.35. The molecule has 1 fully saturated rings. The lowest BCUT2D eigenvalue weighted by Crippen LogP contribution is -2.35. The Bertz CT molecular complexity index is 789. The van der Waals surface area contributed by atoms with E-state index in [9.17, 15) is 9.59 Å². The van der Waals surface area contributed by atoms with Crippen LogP contribution in [0.4, 0.5) is 5.69 Å². The van der Waals surface area contributed by atoms with E-state index in [4.69, 9.17) is 4.74 Å². The van der Waals surface area contributed by atoms with Crippen LogP contribution in [0, 0.1) is 5.92 Å². The van der Waals surface area contributed by atoms with Gasteiger partial charge in [-0.05, 0) is 42.2 Å². The molecule has 28 heavy (non-hydrogen) atoms. The van der Waals surface area contributed by atoms with Gasteiger partial charge in [-0.1, -0.05) is 44.2 Å². The van der Waals surface area contributed by atoms with Crippen molar-refractivity contribution in [2.45, 2.75) is 32.6 Å². The number of ether oxygens (including phenoxy) is 1. The SMILES string of the molecule is CCCOc1ccc(N2C[C@@H](C(=O)NC[C@@H](C)c3ccccc3)CC2=O)cc1. The van der Waals surface area contributed by atoms with Gasteiger partial charge in [0.05, 0.1) is 12.5 Å². The van der Waals surface area contributed by atoms with Crippen molar-refractivity contribution < 1.29 is 14.3 Å². The van der Waals surface area contributed by atoms with Crippen LogP contribution in [-0.4, -0.2) is 31.5 Å². The van der Waals surface area contributed by atoms with E-state index in [-0.39, 0.29) is 30.1 Å². The zero-order chi connectivity index (χ0) is 19.9. The van der Waals surface area contributed by atoms with Crippen molar-refractivity contribution in [3.05, 3.63) is 60.2 Å². The smallest absolute Gasteiger partial charge is 0.227 e. The van der Waals surface area contributed by atoms with Crippen LogP contribution in [0.5, 0.6) is 5.75 Å². The number of hydrogen-bond acceptors (Lipinski definition) is 3. The molecule has 1 N–H and O–H groups in total. The maximum absolute atomic E-state index is 12.6. The van der Waals surface area contributed by atoms with Crippen LogP contribution >= 0.6 is 0 Å². The topological polar surface area (TPSA) is 58.6 Å². The van der Waals surface area contributed by atoms with Gasteiger partial charge in [-0.15, -0.1) is 0 Å². The summed E-state index contributed by atoms with van der Waals surface area (Å²) in [6.07, 6.45) is 1.20. The highest BCUT2D eigenvalue weighted by atomic mass is 16.5. The standard InChI is InChI=1S/C23H28N2O3/c1-3-13-28-21-11-9-20(10-12-21)25-16-19(14-22(25)26)23(27)24-15-17(2)18-7-5-4-6-8-18/h4-12,17,19H,3,13-16H2,1-2H3,(H,24,27)/t17-,19+/m1/s1. The number of carbonyl (C=O) groups is 2. The monoisotopic (exact) mass is 380 g/mol. The van der Waals surface area contributed by atoms with Crippen molar-refractivity contribution in [3.8, 4) is 5.75 Å². The second-order valence-electron chi connectivity index (χ2n) is 7.30. The van der Waals surface area contributed by atoms with Crippen molar-refractivity contribution in [2.24, 2.45) is 5.92 Å². The minimum Gasteiger partial charge on any atom is -0.494 e. The van der Waals surface area contributed by atoms with E-state index in [2.05, 4.69) is 31.3 Å². The quantitative estimate of drug-likeness (QED) is 0.759. The molecule has 5 heteroatoms. The Morgan fingerprint density at radius 3 is 2.57 bits per heavy atom. The molecule has 1 aliphatic heterocycles. The third-order valence-corrected chi connectivity index (χ3v) is 5.07. The lowest BCUT2D eigenvalue weighted by Gasteiger charge is -2.18. The minimum absolute atomic E-state index is 0.0153. The third kappa shape index (κ3) is 4.91. The Morgan fingerprint density at radius 1 is 1.18 bits per heavy atom. The molecule has 2 amide bonds. The summed E-state index contributed by atoms with van der Waals surface area (Å²) < 4.78 is 5.58. The lowest BCUT2D eigenvalue weighted by atomic mass is 10.0. The van der Waals surface area contributed by atoms with Crippen molar-refractivity contribution in [1.29, 1.82) is 0 Å². The third-order valence-electron chi connectivity index (χ3n) is 5.07. The second kappa shape index (κ2) is 9.40. The average Bonchev–Trinajstić information content (AvgIpc) is 3.13. The number of rotatable bonds is 8. The van der Waals surface area contributed by atoms with Gasteiger partial charge < -0.3 is 15.0 Å². The first kappa shape index (κ1) is 19.9. The Kier molecular flexibility index (Phi) is 6.69. The molecule has 0 radical (unpaired) electrons. The molecule has 2 aromatic rings. The van der Waals surface area contributed by atoms with Crippen LogP contribution in [0.15, 0.2) is 54.6 Å². The number of amides is 2. The molecule has 0 aliphatic carbocycles. The fourth-order valence-corrected chi connectivity index (χ4v) is 3.37. The summed E-state index contributed by atoms with van der Waals surface area (Å²) >= 11 is 0. The summed E-state index contributed by atoms with van der Waals surface area (Å²) in [5.41, 5.74) is 2.00. The maximum Gasteiger partial charge on any atom is 0.227 e. The summed E-state index contributed by atoms with van der Waals surface area (Å²) in [6, 6.07) is 17.6. The van der Waals surface area contributed by atoms with Gasteiger partial charge in [0.2, 0.25) is 11.8 Å². The Labute approximate surface area is 166 Å². The van der Waals surface area contributed by atoms with Gasteiger partial charge in [0.15, 0.2) is 0 Å². The number of carbonyl (C=O) groups excluding carboxylic acids is 2. The van der Waals surface area contributed by atoms with Crippen LogP contribution < -0.4 is 15.0 Å². The van der Waals surface area contributed by atoms with Crippen LogP contribution in [-0.2, 0) is 9.59 Å². The van der Waals surface area contributed by atoms with Gasteiger partial charge in [0.25, 0.3) is 0 Å².